The topological polar surface area (TPSA) is 29.5 Å². The number of hydrogen-bond donors (Lipinski definition) is 0. The Hall–Kier alpha value is -6.62. The van der Waals surface area contributed by atoms with Crippen molar-refractivity contribution < 1.29 is 8.83 Å². The highest BCUT2D eigenvalue weighted by atomic mass is 32.1. The van der Waals surface area contributed by atoms with Gasteiger partial charge >= 0.3 is 0 Å². The fourth-order valence-electron chi connectivity index (χ4n) is 7.83. The number of benzene rings is 8. The molecule has 11 aromatic rings. The molecule has 8 aromatic carbocycles. The van der Waals surface area contributed by atoms with Crippen LogP contribution in [0, 0.1) is 0 Å². The van der Waals surface area contributed by atoms with Gasteiger partial charge in [-0.1, -0.05) is 109 Å². The van der Waals surface area contributed by atoms with Gasteiger partial charge in [0.1, 0.15) is 22.3 Å². The van der Waals surface area contributed by atoms with Gasteiger partial charge in [0.25, 0.3) is 0 Å². The molecule has 0 unspecified atom stereocenters. The van der Waals surface area contributed by atoms with Crippen molar-refractivity contribution in [1.29, 1.82) is 0 Å². The van der Waals surface area contributed by atoms with Gasteiger partial charge in [-0.25, -0.2) is 0 Å². The first-order valence-corrected chi connectivity index (χ1v) is 18.3. The van der Waals surface area contributed by atoms with E-state index in [-0.39, 0.29) is 0 Å². The van der Waals surface area contributed by atoms with Gasteiger partial charge in [-0.2, -0.15) is 0 Å². The lowest BCUT2D eigenvalue weighted by Crippen LogP contribution is -2.10. The van der Waals surface area contributed by atoms with E-state index < -0.39 is 0 Å². The second-order valence-corrected chi connectivity index (χ2v) is 14.3. The number of anilines is 3. The highest BCUT2D eigenvalue weighted by Crippen LogP contribution is 2.48. The van der Waals surface area contributed by atoms with Crippen molar-refractivity contribution in [3.63, 3.8) is 0 Å². The molecule has 0 saturated heterocycles. The van der Waals surface area contributed by atoms with Gasteiger partial charge < -0.3 is 13.7 Å². The van der Waals surface area contributed by atoms with E-state index in [0.717, 1.165) is 66.5 Å². The van der Waals surface area contributed by atoms with Crippen LogP contribution in [0.15, 0.2) is 185 Å². The Morgan fingerprint density at radius 1 is 0.385 bits per heavy atom. The van der Waals surface area contributed by atoms with Gasteiger partial charge in [0.15, 0.2) is 0 Å². The third-order valence-corrected chi connectivity index (χ3v) is 11.5. The lowest BCUT2D eigenvalue weighted by atomic mass is 9.98. The maximum atomic E-state index is 6.59. The van der Waals surface area contributed by atoms with Gasteiger partial charge in [0.05, 0.1) is 0 Å². The molecule has 3 heterocycles. The average Bonchev–Trinajstić information content (AvgIpc) is 3.89. The third kappa shape index (κ3) is 4.51. The summed E-state index contributed by atoms with van der Waals surface area (Å²) in [6.45, 7) is 0. The first kappa shape index (κ1) is 29.1. The molecular weight excluding hydrogens is 655 g/mol. The molecule has 11 rings (SSSR count). The van der Waals surface area contributed by atoms with Crippen molar-refractivity contribution in [2.45, 2.75) is 0 Å². The van der Waals surface area contributed by atoms with Crippen molar-refractivity contribution in [3.05, 3.63) is 176 Å². The van der Waals surface area contributed by atoms with E-state index in [9.17, 15) is 0 Å². The third-order valence-electron chi connectivity index (χ3n) is 10.3. The van der Waals surface area contributed by atoms with Gasteiger partial charge in [-0.15, -0.1) is 11.3 Å². The monoisotopic (exact) mass is 683 g/mol. The number of fused-ring (bicyclic) bond motifs is 10. The highest BCUT2D eigenvalue weighted by molar-refractivity contribution is 7.26. The summed E-state index contributed by atoms with van der Waals surface area (Å²) in [6, 6.07) is 62.5. The Labute approximate surface area is 303 Å². The molecule has 0 spiro atoms. The minimum Gasteiger partial charge on any atom is -0.456 e. The van der Waals surface area contributed by atoms with Crippen molar-refractivity contribution in [2.24, 2.45) is 0 Å². The fraction of sp³-hybridized carbons (Fsp3) is 0. The van der Waals surface area contributed by atoms with Crippen LogP contribution >= 0.6 is 11.3 Å². The lowest BCUT2D eigenvalue weighted by molar-refractivity contribution is 0.669. The Bertz CT molecular complexity index is 3130. The second-order valence-electron chi connectivity index (χ2n) is 13.3. The maximum absolute atomic E-state index is 6.59. The molecule has 0 N–H and O–H groups in total. The van der Waals surface area contributed by atoms with E-state index >= 15 is 0 Å². The predicted octanol–water partition coefficient (Wildman–Crippen LogP) is 14.7. The summed E-state index contributed by atoms with van der Waals surface area (Å²) >= 11 is 1.83. The molecule has 0 amide bonds. The minimum absolute atomic E-state index is 0.866. The molecule has 0 aliphatic carbocycles. The maximum Gasteiger partial charge on any atom is 0.144 e. The molecule has 244 valence electrons. The van der Waals surface area contributed by atoms with Crippen LogP contribution in [0.25, 0.3) is 86.3 Å². The minimum atomic E-state index is 0.866. The SMILES string of the molecule is c1ccc(-c2ccc(N(c3cccc(-c4cc5c6ccccc6oc5c5c4sc4ccccc45)c3)c3ccc4c(c3)oc3ccccc34)cc2)cc1. The molecule has 0 bridgehead atoms. The molecule has 52 heavy (non-hydrogen) atoms. The standard InChI is InChI=1S/C48H29NO2S/c1-2-11-30(12-3-1)31-21-23-33(24-22-31)49(35-25-26-38-36-15-4-7-18-42(36)50-44(38)28-35)34-14-10-13-32(27-34)40-29-41-37-16-5-8-19-43(37)51-47(41)46-39-17-6-9-20-45(39)52-48(40)46/h1-29H. The molecule has 0 saturated carbocycles. The summed E-state index contributed by atoms with van der Waals surface area (Å²) < 4.78 is 15.5. The molecule has 3 nitrogen and oxygen atoms in total. The number of thiophene rings is 1. The van der Waals surface area contributed by atoms with Gasteiger partial charge in [-0.05, 0) is 77.4 Å². The van der Waals surface area contributed by atoms with Crippen LogP contribution in [-0.2, 0) is 0 Å². The van der Waals surface area contributed by atoms with Crippen LogP contribution in [0.2, 0.25) is 0 Å². The first-order chi connectivity index (χ1) is 25.8. The summed E-state index contributed by atoms with van der Waals surface area (Å²) in [5.41, 5.74) is 11.5. The highest BCUT2D eigenvalue weighted by Gasteiger charge is 2.21. The molecule has 0 fully saturated rings. The lowest BCUT2D eigenvalue weighted by Gasteiger charge is -2.26. The average molecular weight is 684 g/mol. The van der Waals surface area contributed by atoms with E-state index in [1.165, 1.54) is 36.9 Å². The van der Waals surface area contributed by atoms with Crippen LogP contribution in [0.1, 0.15) is 0 Å². The Kier molecular flexibility index (Phi) is 6.42. The summed E-state index contributed by atoms with van der Waals surface area (Å²) in [7, 11) is 0. The smallest absolute Gasteiger partial charge is 0.144 e. The first-order valence-electron chi connectivity index (χ1n) is 17.5. The van der Waals surface area contributed by atoms with Crippen LogP contribution in [-0.4, -0.2) is 0 Å². The zero-order valence-corrected chi connectivity index (χ0v) is 28.7. The number of para-hydroxylation sites is 2. The normalized spacial score (nSPS) is 11.8. The van der Waals surface area contributed by atoms with Crippen LogP contribution in [0.5, 0.6) is 0 Å². The Balaban J connectivity index is 1.13. The molecule has 0 atom stereocenters. The quantitative estimate of drug-likeness (QED) is 0.181. The fourth-order valence-corrected chi connectivity index (χ4v) is 9.06. The van der Waals surface area contributed by atoms with E-state index in [4.69, 9.17) is 8.83 Å². The molecular formula is C48H29NO2S. The molecule has 3 aromatic heterocycles. The largest absolute Gasteiger partial charge is 0.456 e. The number of hydrogen-bond acceptors (Lipinski definition) is 4. The van der Waals surface area contributed by atoms with Gasteiger partial charge in [0.2, 0.25) is 0 Å². The zero-order valence-electron chi connectivity index (χ0n) is 27.9. The molecule has 0 aliphatic heterocycles. The Morgan fingerprint density at radius 3 is 1.83 bits per heavy atom. The van der Waals surface area contributed by atoms with Gasteiger partial charge in [0, 0.05) is 70.4 Å². The van der Waals surface area contributed by atoms with E-state index in [1.54, 1.807) is 0 Å². The summed E-state index contributed by atoms with van der Waals surface area (Å²) in [5, 5.41) is 6.91. The summed E-state index contributed by atoms with van der Waals surface area (Å²) in [6.07, 6.45) is 0. The van der Waals surface area contributed by atoms with Crippen molar-refractivity contribution >= 4 is 92.4 Å². The summed E-state index contributed by atoms with van der Waals surface area (Å²) in [5.74, 6) is 0. The molecule has 4 heteroatoms. The summed E-state index contributed by atoms with van der Waals surface area (Å²) in [4.78, 5) is 2.33. The van der Waals surface area contributed by atoms with E-state index in [0.29, 0.717) is 0 Å². The van der Waals surface area contributed by atoms with E-state index in [1.807, 2.05) is 29.5 Å². The number of nitrogens with zero attached hydrogens (tertiary/aromatic N) is 1. The number of furan rings is 2. The van der Waals surface area contributed by atoms with Crippen LogP contribution in [0.4, 0.5) is 17.1 Å². The predicted molar refractivity (Wildman–Crippen MR) is 219 cm³/mol. The number of rotatable bonds is 5. The Morgan fingerprint density at radius 2 is 1.00 bits per heavy atom. The van der Waals surface area contributed by atoms with Crippen molar-refractivity contribution in [1.82, 2.24) is 0 Å². The van der Waals surface area contributed by atoms with Crippen LogP contribution in [0.3, 0.4) is 0 Å². The van der Waals surface area contributed by atoms with Crippen molar-refractivity contribution in [3.8, 4) is 22.3 Å². The van der Waals surface area contributed by atoms with Crippen molar-refractivity contribution in [2.75, 3.05) is 4.90 Å². The zero-order chi connectivity index (χ0) is 34.2. The van der Waals surface area contributed by atoms with Crippen LogP contribution < -0.4 is 4.90 Å². The van der Waals surface area contributed by atoms with Gasteiger partial charge in [-0.3, -0.25) is 0 Å². The van der Waals surface area contributed by atoms with E-state index in [2.05, 4.69) is 163 Å². The second kappa shape index (κ2) is 11.5. The molecule has 0 radical (unpaired) electrons. The molecule has 0 aliphatic rings.